The van der Waals surface area contributed by atoms with Gasteiger partial charge in [0.15, 0.2) is 5.78 Å². The molecule has 2 aliphatic rings. The first-order valence-electron chi connectivity index (χ1n) is 8.66. The SMILES string of the molecule is Brc1cccc(CNC2COC2)c1.NCc1cccc(Br)c1.O=C1COC1. The molecule has 3 N–H and O–H groups in total. The quantitative estimate of drug-likeness (QED) is 0.674. The van der Waals surface area contributed by atoms with Gasteiger partial charge in [0.2, 0.25) is 0 Å². The summed E-state index contributed by atoms with van der Waals surface area (Å²) in [6.45, 7) is 3.94. The molecule has 2 aliphatic heterocycles. The van der Waals surface area contributed by atoms with E-state index in [1.807, 2.05) is 30.3 Å². The zero-order valence-electron chi connectivity index (χ0n) is 15.0. The number of Topliss-reactive ketones (excluding diaryl/α,β-unsaturated/α-hetero) is 1. The third-order valence-electron chi connectivity index (χ3n) is 3.77. The maximum absolute atomic E-state index is 9.77. The van der Waals surface area contributed by atoms with Crippen LogP contribution in [0.5, 0.6) is 0 Å². The zero-order valence-corrected chi connectivity index (χ0v) is 18.2. The van der Waals surface area contributed by atoms with E-state index in [-0.39, 0.29) is 5.78 Å². The highest BCUT2D eigenvalue weighted by Crippen LogP contribution is 2.12. The summed E-state index contributed by atoms with van der Waals surface area (Å²) in [7, 11) is 0. The van der Waals surface area contributed by atoms with Crippen LogP contribution in [0.3, 0.4) is 0 Å². The third kappa shape index (κ3) is 9.10. The first-order valence-corrected chi connectivity index (χ1v) is 10.2. The standard InChI is InChI=1S/C10H12BrNO.C7H8BrN.C3H4O2/c11-9-3-1-2-8(4-9)5-12-10-6-13-7-10;8-7-3-1-2-6(4-7)5-9;4-3-1-5-2-3/h1-4,10,12H,5-7H2;1-4H,5,9H2;1-2H2. The molecule has 27 heavy (non-hydrogen) atoms. The highest BCUT2D eigenvalue weighted by molar-refractivity contribution is 9.10. The molecular formula is C20H24Br2N2O3. The first kappa shape index (κ1) is 22.2. The molecule has 0 saturated carbocycles. The summed E-state index contributed by atoms with van der Waals surface area (Å²) >= 11 is 6.80. The van der Waals surface area contributed by atoms with E-state index in [0.717, 1.165) is 34.3 Å². The van der Waals surface area contributed by atoms with Crippen LogP contribution in [-0.2, 0) is 27.4 Å². The molecule has 2 aromatic carbocycles. The Morgan fingerprint density at radius 2 is 1.52 bits per heavy atom. The van der Waals surface area contributed by atoms with Gasteiger partial charge in [0.1, 0.15) is 13.2 Å². The molecule has 0 spiro atoms. The van der Waals surface area contributed by atoms with E-state index in [1.165, 1.54) is 5.56 Å². The molecule has 0 radical (unpaired) electrons. The van der Waals surface area contributed by atoms with Gasteiger partial charge in [-0.3, -0.25) is 4.79 Å². The smallest absolute Gasteiger partial charge is 0.184 e. The van der Waals surface area contributed by atoms with Gasteiger partial charge in [-0.05, 0) is 35.4 Å². The Labute approximate surface area is 176 Å². The van der Waals surface area contributed by atoms with Crippen molar-refractivity contribution in [3.63, 3.8) is 0 Å². The van der Waals surface area contributed by atoms with Gasteiger partial charge < -0.3 is 20.5 Å². The Morgan fingerprint density at radius 3 is 1.89 bits per heavy atom. The Balaban J connectivity index is 0.000000161. The molecule has 2 saturated heterocycles. The molecule has 5 nitrogen and oxygen atoms in total. The van der Waals surface area contributed by atoms with Crippen LogP contribution in [-0.4, -0.2) is 38.3 Å². The fourth-order valence-corrected chi connectivity index (χ4v) is 3.01. The lowest BCUT2D eigenvalue weighted by Gasteiger charge is -2.27. The molecule has 0 bridgehead atoms. The van der Waals surface area contributed by atoms with Crippen LogP contribution in [0.15, 0.2) is 57.5 Å². The average molecular weight is 500 g/mol. The van der Waals surface area contributed by atoms with Crippen LogP contribution in [0.2, 0.25) is 0 Å². The molecule has 0 aliphatic carbocycles. The van der Waals surface area contributed by atoms with Gasteiger partial charge in [-0.2, -0.15) is 0 Å². The molecule has 0 aromatic heterocycles. The van der Waals surface area contributed by atoms with Gasteiger partial charge in [0, 0.05) is 22.0 Å². The van der Waals surface area contributed by atoms with Crippen molar-refractivity contribution in [1.82, 2.24) is 5.32 Å². The van der Waals surface area contributed by atoms with E-state index in [4.69, 9.17) is 10.5 Å². The minimum absolute atomic E-state index is 0.213. The molecule has 2 fully saturated rings. The lowest BCUT2D eigenvalue weighted by Crippen LogP contribution is -2.45. The van der Waals surface area contributed by atoms with E-state index in [0.29, 0.717) is 25.8 Å². The number of halogens is 2. The van der Waals surface area contributed by atoms with Crippen LogP contribution < -0.4 is 11.1 Å². The van der Waals surface area contributed by atoms with Gasteiger partial charge >= 0.3 is 0 Å². The minimum atomic E-state index is 0.213. The fraction of sp³-hybridized carbons (Fsp3) is 0.350. The summed E-state index contributed by atoms with van der Waals surface area (Å²) in [6, 6.07) is 16.9. The number of rotatable bonds is 4. The number of nitrogens with one attached hydrogen (secondary N) is 1. The minimum Gasteiger partial charge on any atom is -0.378 e. The number of ketones is 1. The number of hydrogen-bond donors (Lipinski definition) is 2. The second-order valence-corrected chi connectivity index (χ2v) is 7.94. The van der Waals surface area contributed by atoms with E-state index in [1.54, 1.807) is 0 Å². The van der Waals surface area contributed by atoms with Crippen molar-refractivity contribution in [3.05, 3.63) is 68.6 Å². The molecule has 2 heterocycles. The Morgan fingerprint density at radius 1 is 0.963 bits per heavy atom. The van der Waals surface area contributed by atoms with Crippen molar-refractivity contribution in [2.45, 2.75) is 19.1 Å². The van der Waals surface area contributed by atoms with Crippen molar-refractivity contribution in [1.29, 1.82) is 0 Å². The second kappa shape index (κ2) is 12.4. The van der Waals surface area contributed by atoms with Gasteiger partial charge in [-0.1, -0.05) is 56.1 Å². The molecule has 0 amide bonds. The van der Waals surface area contributed by atoms with Crippen molar-refractivity contribution in [3.8, 4) is 0 Å². The van der Waals surface area contributed by atoms with Crippen molar-refractivity contribution in [2.24, 2.45) is 5.73 Å². The summed E-state index contributed by atoms with van der Waals surface area (Å²) in [5.74, 6) is 0.213. The Hall–Kier alpha value is -1.09. The monoisotopic (exact) mass is 498 g/mol. The topological polar surface area (TPSA) is 73.6 Å². The van der Waals surface area contributed by atoms with E-state index >= 15 is 0 Å². The summed E-state index contributed by atoms with van der Waals surface area (Å²) in [6.07, 6.45) is 0. The normalized spacial score (nSPS) is 15.4. The molecule has 7 heteroatoms. The van der Waals surface area contributed by atoms with Crippen LogP contribution in [0.4, 0.5) is 0 Å². The molecular weight excluding hydrogens is 476 g/mol. The number of carbonyl (C=O) groups excluding carboxylic acids is 1. The molecule has 4 rings (SSSR count). The van der Waals surface area contributed by atoms with Crippen LogP contribution in [0.1, 0.15) is 11.1 Å². The van der Waals surface area contributed by atoms with Crippen molar-refractivity contribution >= 4 is 37.6 Å². The predicted molar refractivity (Wildman–Crippen MR) is 113 cm³/mol. The van der Waals surface area contributed by atoms with Crippen LogP contribution in [0, 0.1) is 0 Å². The van der Waals surface area contributed by atoms with Gasteiger partial charge in [0.05, 0.1) is 19.3 Å². The predicted octanol–water partition coefficient (Wildman–Crippen LogP) is 3.43. The number of ether oxygens (including phenoxy) is 2. The number of carbonyl (C=O) groups is 1. The van der Waals surface area contributed by atoms with Crippen LogP contribution in [0.25, 0.3) is 0 Å². The summed E-state index contributed by atoms with van der Waals surface area (Å²) in [5.41, 5.74) is 7.86. The van der Waals surface area contributed by atoms with Crippen molar-refractivity contribution in [2.75, 3.05) is 26.4 Å². The van der Waals surface area contributed by atoms with Gasteiger partial charge in [0.25, 0.3) is 0 Å². The lowest BCUT2D eigenvalue weighted by molar-refractivity contribution is -0.140. The second-order valence-electron chi connectivity index (χ2n) is 6.11. The largest absolute Gasteiger partial charge is 0.378 e. The highest BCUT2D eigenvalue weighted by atomic mass is 79.9. The lowest BCUT2D eigenvalue weighted by atomic mass is 10.2. The maximum atomic E-state index is 9.77. The fourth-order valence-electron chi connectivity index (χ4n) is 2.11. The molecule has 2 aromatic rings. The summed E-state index contributed by atoms with van der Waals surface area (Å²) in [4.78, 5) is 9.77. The molecule has 0 atom stereocenters. The maximum Gasteiger partial charge on any atom is 0.184 e. The average Bonchev–Trinajstić information content (AvgIpc) is 2.60. The van der Waals surface area contributed by atoms with Crippen molar-refractivity contribution < 1.29 is 14.3 Å². The highest BCUT2D eigenvalue weighted by Gasteiger charge is 2.16. The number of benzene rings is 2. The van der Waals surface area contributed by atoms with E-state index in [2.05, 4.69) is 60.1 Å². The number of nitrogens with two attached hydrogens (primary N) is 1. The summed E-state index contributed by atoms with van der Waals surface area (Å²) in [5, 5.41) is 3.42. The van der Waals surface area contributed by atoms with Gasteiger partial charge in [-0.15, -0.1) is 0 Å². The Bertz CT molecular complexity index is 718. The zero-order chi connectivity index (χ0) is 19.5. The van der Waals surface area contributed by atoms with Crippen LogP contribution >= 0.6 is 31.9 Å². The van der Waals surface area contributed by atoms with E-state index < -0.39 is 0 Å². The molecule has 0 unspecified atom stereocenters. The number of hydrogen-bond acceptors (Lipinski definition) is 5. The Kier molecular flexibility index (Phi) is 10.2. The van der Waals surface area contributed by atoms with E-state index in [9.17, 15) is 4.79 Å². The third-order valence-corrected chi connectivity index (χ3v) is 4.76. The van der Waals surface area contributed by atoms with Gasteiger partial charge in [-0.25, -0.2) is 0 Å². The first-order chi connectivity index (χ1) is 13.1. The molecule has 146 valence electrons. The summed E-state index contributed by atoms with van der Waals surface area (Å²) < 4.78 is 11.8.